The number of amidine groups is 1. The van der Waals surface area contributed by atoms with Gasteiger partial charge in [0.15, 0.2) is 5.17 Å². The van der Waals surface area contributed by atoms with Crippen LogP contribution >= 0.6 is 12.2 Å². The van der Waals surface area contributed by atoms with Crippen molar-refractivity contribution in [2.45, 2.75) is 25.1 Å². The summed E-state index contributed by atoms with van der Waals surface area (Å²) in [7, 11) is -1.49. The largest absolute Gasteiger partial charge is 0.325 e. The van der Waals surface area contributed by atoms with Gasteiger partial charge in [0.05, 0.1) is 33.4 Å². The Hall–Kier alpha value is -2.71. The van der Waals surface area contributed by atoms with Crippen molar-refractivity contribution in [1.29, 1.82) is 0 Å². The van der Waals surface area contributed by atoms with Crippen LogP contribution in [0.2, 0.25) is 0 Å². The molecule has 8 heteroatoms. The van der Waals surface area contributed by atoms with Crippen molar-refractivity contribution in [3.8, 4) is 0 Å². The van der Waals surface area contributed by atoms with Crippen molar-refractivity contribution in [2.75, 3.05) is 4.90 Å². The molecule has 0 saturated heterocycles. The first-order chi connectivity index (χ1) is 13.3. The summed E-state index contributed by atoms with van der Waals surface area (Å²) in [5.74, 6) is -0.649. The van der Waals surface area contributed by atoms with Crippen LogP contribution in [-0.2, 0) is 16.6 Å². The number of benzene rings is 2. The maximum Gasteiger partial charge on any atom is 0.266 e. The van der Waals surface area contributed by atoms with Gasteiger partial charge >= 0.3 is 0 Å². The van der Waals surface area contributed by atoms with Gasteiger partial charge in [-0.15, -0.1) is 0 Å². The number of rotatable bonds is 3. The Morgan fingerprint density at radius 1 is 1.04 bits per heavy atom. The predicted octanol–water partition coefficient (Wildman–Crippen LogP) is 2.80. The Balaban J connectivity index is 1.66. The minimum atomic E-state index is -1.49. The van der Waals surface area contributed by atoms with Gasteiger partial charge in [-0.25, -0.2) is 9.89 Å². The van der Waals surface area contributed by atoms with Crippen molar-refractivity contribution < 1.29 is 13.8 Å². The molecule has 1 N–H and O–H groups in total. The highest BCUT2D eigenvalue weighted by Crippen LogP contribution is 2.31. The fraction of sp³-hybridized carbons (Fsp3) is 0.200. The molecule has 0 saturated carbocycles. The quantitative estimate of drug-likeness (QED) is 0.621. The zero-order chi connectivity index (χ0) is 20.1. The van der Waals surface area contributed by atoms with Crippen LogP contribution in [0.4, 0.5) is 5.69 Å². The second kappa shape index (κ2) is 6.72. The van der Waals surface area contributed by atoms with Crippen LogP contribution in [0.5, 0.6) is 0 Å². The maximum absolute atomic E-state index is 12.9. The van der Waals surface area contributed by atoms with Gasteiger partial charge in [0, 0.05) is 0 Å². The molecule has 2 aromatic carbocycles. The Kier molecular flexibility index (Phi) is 4.47. The summed E-state index contributed by atoms with van der Waals surface area (Å²) in [5, 5.41) is 3.23. The SMILES string of the molecule is CC1(C)N=C(S(=O)Cc2ccccc2N2C(=O)c3ccccc3C2=O)NC1=S. The van der Waals surface area contributed by atoms with Gasteiger partial charge in [0.2, 0.25) is 0 Å². The van der Waals surface area contributed by atoms with Crippen LogP contribution in [0.25, 0.3) is 0 Å². The molecule has 1 atom stereocenters. The number of nitrogens with one attached hydrogen (secondary N) is 1. The van der Waals surface area contributed by atoms with Crippen LogP contribution in [0.1, 0.15) is 40.1 Å². The predicted molar refractivity (Wildman–Crippen MR) is 113 cm³/mol. The molecule has 2 aromatic rings. The fourth-order valence-electron chi connectivity index (χ4n) is 3.16. The highest BCUT2D eigenvalue weighted by atomic mass is 32.2. The summed E-state index contributed by atoms with van der Waals surface area (Å²) in [4.78, 5) is 31.7. The van der Waals surface area contributed by atoms with Gasteiger partial charge in [-0.05, 0) is 37.6 Å². The Bertz CT molecular complexity index is 1060. The topological polar surface area (TPSA) is 78.8 Å². The molecule has 0 aromatic heterocycles. The van der Waals surface area contributed by atoms with Gasteiger partial charge < -0.3 is 5.32 Å². The average Bonchev–Trinajstić information content (AvgIpc) is 3.09. The number of nitrogens with zero attached hydrogens (tertiary/aromatic N) is 2. The van der Waals surface area contributed by atoms with Gasteiger partial charge in [0.1, 0.15) is 10.5 Å². The Labute approximate surface area is 170 Å². The van der Waals surface area contributed by atoms with Gasteiger partial charge in [-0.3, -0.25) is 13.8 Å². The molecule has 0 spiro atoms. The highest BCUT2D eigenvalue weighted by Gasteiger charge is 2.38. The molecule has 0 radical (unpaired) electrons. The first-order valence-corrected chi connectivity index (χ1v) is 10.4. The van der Waals surface area contributed by atoms with E-state index in [9.17, 15) is 13.8 Å². The molecule has 2 aliphatic heterocycles. The first-order valence-electron chi connectivity index (χ1n) is 8.65. The van der Waals surface area contributed by atoms with Gasteiger partial charge in [-0.2, -0.15) is 0 Å². The van der Waals surface area contributed by atoms with E-state index in [-0.39, 0.29) is 17.6 Å². The Morgan fingerprint density at radius 3 is 2.18 bits per heavy atom. The molecule has 0 bridgehead atoms. The van der Waals surface area contributed by atoms with Crippen molar-refractivity contribution in [2.24, 2.45) is 4.99 Å². The van der Waals surface area contributed by atoms with E-state index in [1.807, 2.05) is 13.8 Å². The van der Waals surface area contributed by atoms with Gasteiger partial charge in [0.25, 0.3) is 11.8 Å². The lowest BCUT2D eigenvalue weighted by molar-refractivity contribution is 0.0926. The van der Waals surface area contributed by atoms with Crippen molar-refractivity contribution >= 4 is 50.7 Å². The lowest BCUT2D eigenvalue weighted by atomic mass is 10.1. The third kappa shape index (κ3) is 2.98. The van der Waals surface area contributed by atoms with E-state index >= 15 is 0 Å². The lowest BCUT2D eigenvalue weighted by Gasteiger charge is -2.18. The summed E-state index contributed by atoms with van der Waals surface area (Å²) >= 11 is 5.24. The van der Waals surface area contributed by atoms with Crippen LogP contribution in [0.3, 0.4) is 0 Å². The summed E-state index contributed by atoms with van der Waals surface area (Å²) in [5.41, 5.74) is 1.20. The van der Waals surface area contributed by atoms with Gasteiger partial charge in [-0.1, -0.05) is 42.5 Å². The number of aliphatic imine (C=N–C) groups is 1. The number of thiocarbonyl (C=S) groups is 1. The number of carbonyl (C=O) groups excluding carboxylic acids is 2. The number of anilines is 1. The number of carbonyl (C=O) groups is 2. The third-order valence-electron chi connectivity index (χ3n) is 4.69. The standard InChI is InChI=1S/C20H17N3O3S2/c1-20(2)18(27)21-19(22-20)28(26)11-12-7-3-6-10-15(12)23-16(24)13-8-4-5-9-14(13)17(23)25/h3-10H,11H2,1-2H3,(H,21,22,27). The van der Waals surface area contributed by atoms with Crippen molar-refractivity contribution in [3.63, 3.8) is 0 Å². The molecule has 0 fully saturated rings. The number of amides is 2. The zero-order valence-electron chi connectivity index (χ0n) is 15.3. The number of para-hydroxylation sites is 1. The Morgan fingerprint density at radius 2 is 1.61 bits per heavy atom. The number of fused-ring (bicyclic) bond motifs is 1. The molecule has 2 heterocycles. The fourth-order valence-corrected chi connectivity index (χ4v) is 4.58. The second-order valence-electron chi connectivity index (χ2n) is 7.04. The summed E-state index contributed by atoms with van der Waals surface area (Å²) in [6, 6.07) is 13.7. The monoisotopic (exact) mass is 411 g/mol. The van der Waals surface area contributed by atoms with Crippen LogP contribution in [-0.4, -0.2) is 31.7 Å². The third-order valence-corrected chi connectivity index (χ3v) is 6.49. The minimum Gasteiger partial charge on any atom is -0.325 e. The average molecular weight is 412 g/mol. The number of imide groups is 1. The molecule has 2 amide bonds. The van der Waals surface area contributed by atoms with E-state index in [1.165, 1.54) is 0 Å². The van der Waals surface area contributed by atoms with Crippen LogP contribution in [0.15, 0.2) is 53.5 Å². The lowest BCUT2D eigenvalue weighted by Crippen LogP contribution is -2.34. The van der Waals surface area contributed by atoms with Crippen molar-refractivity contribution in [3.05, 3.63) is 65.2 Å². The van der Waals surface area contributed by atoms with Crippen LogP contribution < -0.4 is 10.2 Å². The van der Waals surface area contributed by atoms with E-state index in [4.69, 9.17) is 12.2 Å². The highest BCUT2D eigenvalue weighted by molar-refractivity contribution is 8.00. The minimum absolute atomic E-state index is 0.105. The summed E-state index contributed by atoms with van der Waals surface area (Å²) in [6.07, 6.45) is 0. The zero-order valence-corrected chi connectivity index (χ0v) is 16.9. The molecule has 1 unspecified atom stereocenters. The molecule has 0 aliphatic carbocycles. The molecule has 2 aliphatic rings. The normalized spacial score (nSPS) is 18.7. The van der Waals surface area contributed by atoms with E-state index in [0.29, 0.717) is 32.5 Å². The summed E-state index contributed by atoms with van der Waals surface area (Å²) in [6.45, 7) is 3.69. The van der Waals surface area contributed by atoms with E-state index in [2.05, 4.69) is 10.3 Å². The summed E-state index contributed by atoms with van der Waals surface area (Å²) < 4.78 is 12.9. The smallest absolute Gasteiger partial charge is 0.266 e. The van der Waals surface area contributed by atoms with E-state index < -0.39 is 16.3 Å². The number of hydrogen-bond acceptors (Lipinski definition) is 5. The molecular weight excluding hydrogens is 394 g/mol. The van der Waals surface area contributed by atoms with E-state index in [0.717, 1.165) is 4.90 Å². The molecule has 4 rings (SSSR count). The van der Waals surface area contributed by atoms with Crippen LogP contribution in [0, 0.1) is 0 Å². The van der Waals surface area contributed by atoms with Crippen molar-refractivity contribution in [1.82, 2.24) is 5.32 Å². The molecule has 142 valence electrons. The number of hydrogen-bond donors (Lipinski definition) is 1. The first kappa shape index (κ1) is 18.6. The molecule has 28 heavy (non-hydrogen) atoms. The molecular formula is C20H17N3O3S2. The van der Waals surface area contributed by atoms with E-state index in [1.54, 1.807) is 48.5 Å². The molecule has 6 nitrogen and oxygen atoms in total. The second-order valence-corrected chi connectivity index (χ2v) is 8.81. The maximum atomic E-state index is 12.9.